The Morgan fingerprint density at radius 1 is 1.23 bits per heavy atom. The summed E-state index contributed by atoms with van der Waals surface area (Å²) >= 11 is 0. The first kappa shape index (κ1) is 15.8. The maximum absolute atomic E-state index is 12.6. The standard InChI is InChI=1S/C15H13F3N2O2/c1-20-6-5-11(8-13(20)21)14(22)19-9-10-3-2-4-12(7-10)15(16,17)18/h2-8H,9H2,1H3,(H,19,22). The monoisotopic (exact) mass is 310 g/mol. The van der Waals surface area contributed by atoms with Crippen LogP contribution in [0.4, 0.5) is 13.2 Å². The van der Waals surface area contributed by atoms with Gasteiger partial charge in [-0.25, -0.2) is 0 Å². The van der Waals surface area contributed by atoms with Crippen molar-refractivity contribution in [2.45, 2.75) is 12.7 Å². The highest BCUT2D eigenvalue weighted by Crippen LogP contribution is 2.29. The highest BCUT2D eigenvalue weighted by molar-refractivity contribution is 5.93. The summed E-state index contributed by atoms with van der Waals surface area (Å²) in [5.41, 5.74) is -0.623. The van der Waals surface area contributed by atoms with Crippen LogP contribution < -0.4 is 10.9 Å². The van der Waals surface area contributed by atoms with Crippen LogP contribution in [0.1, 0.15) is 21.5 Å². The number of hydrogen-bond acceptors (Lipinski definition) is 2. The lowest BCUT2D eigenvalue weighted by Crippen LogP contribution is -2.25. The number of carbonyl (C=O) groups is 1. The molecule has 1 amide bonds. The molecule has 1 aromatic carbocycles. The Bertz CT molecular complexity index is 751. The highest BCUT2D eigenvalue weighted by atomic mass is 19.4. The van der Waals surface area contributed by atoms with Crippen LogP contribution in [0.3, 0.4) is 0 Å². The van der Waals surface area contributed by atoms with E-state index in [0.29, 0.717) is 5.56 Å². The summed E-state index contributed by atoms with van der Waals surface area (Å²) in [4.78, 5) is 23.3. The lowest BCUT2D eigenvalue weighted by molar-refractivity contribution is -0.137. The second-order valence-corrected chi connectivity index (χ2v) is 4.75. The number of alkyl halides is 3. The van der Waals surface area contributed by atoms with E-state index in [2.05, 4.69) is 5.32 Å². The number of hydrogen-bond donors (Lipinski definition) is 1. The maximum Gasteiger partial charge on any atom is 0.416 e. The van der Waals surface area contributed by atoms with Gasteiger partial charge in [-0.1, -0.05) is 12.1 Å². The average Bonchev–Trinajstić information content (AvgIpc) is 2.47. The van der Waals surface area contributed by atoms with Crippen LogP contribution in [0, 0.1) is 0 Å². The van der Waals surface area contributed by atoms with Gasteiger partial charge in [0.25, 0.3) is 11.5 Å². The molecule has 0 saturated carbocycles. The molecule has 0 unspecified atom stereocenters. The van der Waals surface area contributed by atoms with E-state index in [9.17, 15) is 22.8 Å². The summed E-state index contributed by atoms with van der Waals surface area (Å²) in [6, 6.07) is 7.34. The van der Waals surface area contributed by atoms with Crippen LogP contribution in [-0.2, 0) is 19.8 Å². The fourth-order valence-corrected chi connectivity index (χ4v) is 1.83. The van der Waals surface area contributed by atoms with Crippen molar-refractivity contribution in [1.82, 2.24) is 9.88 Å². The second kappa shape index (κ2) is 6.05. The van der Waals surface area contributed by atoms with E-state index in [1.54, 1.807) is 7.05 Å². The van der Waals surface area contributed by atoms with Gasteiger partial charge in [0, 0.05) is 31.4 Å². The van der Waals surface area contributed by atoms with E-state index >= 15 is 0 Å². The number of benzene rings is 1. The lowest BCUT2D eigenvalue weighted by Gasteiger charge is -2.10. The van der Waals surface area contributed by atoms with Crippen molar-refractivity contribution in [2.75, 3.05) is 0 Å². The lowest BCUT2D eigenvalue weighted by atomic mass is 10.1. The number of carbonyl (C=O) groups excluding carboxylic acids is 1. The van der Waals surface area contributed by atoms with Crippen LogP contribution in [-0.4, -0.2) is 10.5 Å². The molecule has 0 atom stereocenters. The molecular formula is C15H13F3N2O2. The zero-order chi connectivity index (χ0) is 16.3. The molecule has 0 radical (unpaired) electrons. The minimum absolute atomic E-state index is 0.0576. The number of nitrogens with zero attached hydrogens (tertiary/aromatic N) is 1. The van der Waals surface area contributed by atoms with Crippen LogP contribution in [0.2, 0.25) is 0 Å². The van der Waals surface area contributed by atoms with Crippen molar-refractivity contribution in [1.29, 1.82) is 0 Å². The van der Waals surface area contributed by atoms with Crippen molar-refractivity contribution in [3.05, 3.63) is 69.6 Å². The van der Waals surface area contributed by atoms with Crippen LogP contribution in [0.25, 0.3) is 0 Å². The summed E-state index contributed by atoms with van der Waals surface area (Å²) in [5, 5.41) is 2.49. The Morgan fingerprint density at radius 3 is 2.59 bits per heavy atom. The van der Waals surface area contributed by atoms with E-state index in [1.165, 1.54) is 35.0 Å². The van der Waals surface area contributed by atoms with Gasteiger partial charge in [0.1, 0.15) is 0 Å². The molecule has 116 valence electrons. The Hall–Kier alpha value is -2.57. The van der Waals surface area contributed by atoms with Gasteiger partial charge in [-0.15, -0.1) is 0 Å². The smallest absolute Gasteiger partial charge is 0.348 e. The fraction of sp³-hybridized carbons (Fsp3) is 0.200. The first-order valence-corrected chi connectivity index (χ1v) is 6.38. The number of halogens is 3. The normalized spacial score (nSPS) is 11.3. The third-order valence-electron chi connectivity index (χ3n) is 3.07. The van der Waals surface area contributed by atoms with Crippen molar-refractivity contribution < 1.29 is 18.0 Å². The number of aryl methyl sites for hydroxylation is 1. The van der Waals surface area contributed by atoms with Gasteiger partial charge in [-0.3, -0.25) is 9.59 Å². The van der Waals surface area contributed by atoms with Gasteiger partial charge in [-0.05, 0) is 23.8 Å². The van der Waals surface area contributed by atoms with Crippen LogP contribution >= 0.6 is 0 Å². The summed E-state index contributed by atoms with van der Waals surface area (Å²) in [5.74, 6) is -0.518. The molecule has 2 aromatic rings. The molecule has 7 heteroatoms. The minimum Gasteiger partial charge on any atom is -0.348 e. The summed E-state index contributed by atoms with van der Waals surface area (Å²) in [6.45, 7) is -0.0576. The first-order valence-electron chi connectivity index (χ1n) is 6.38. The third-order valence-corrected chi connectivity index (χ3v) is 3.07. The van der Waals surface area contributed by atoms with E-state index in [4.69, 9.17) is 0 Å². The zero-order valence-electron chi connectivity index (χ0n) is 11.6. The van der Waals surface area contributed by atoms with E-state index < -0.39 is 17.6 Å². The van der Waals surface area contributed by atoms with Gasteiger partial charge in [0.05, 0.1) is 5.56 Å². The minimum atomic E-state index is -4.42. The number of amides is 1. The molecule has 0 fully saturated rings. The van der Waals surface area contributed by atoms with Crippen molar-refractivity contribution >= 4 is 5.91 Å². The van der Waals surface area contributed by atoms with E-state index in [0.717, 1.165) is 12.1 Å². The summed E-state index contributed by atoms with van der Waals surface area (Å²) in [7, 11) is 1.55. The number of aromatic nitrogens is 1. The first-order chi connectivity index (χ1) is 10.3. The molecule has 22 heavy (non-hydrogen) atoms. The molecule has 2 rings (SSSR count). The molecule has 1 heterocycles. The van der Waals surface area contributed by atoms with E-state index in [-0.39, 0.29) is 17.7 Å². The maximum atomic E-state index is 12.6. The van der Waals surface area contributed by atoms with Crippen molar-refractivity contribution in [3.63, 3.8) is 0 Å². The van der Waals surface area contributed by atoms with Crippen LogP contribution in [0.15, 0.2) is 47.4 Å². The van der Waals surface area contributed by atoms with Gasteiger partial charge >= 0.3 is 6.18 Å². The summed E-state index contributed by atoms with van der Waals surface area (Å²) < 4.78 is 39.1. The van der Waals surface area contributed by atoms with Crippen molar-refractivity contribution in [3.8, 4) is 0 Å². The van der Waals surface area contributed by atoms with Gasteiger partial charge in [0.2, 0.25) is 0 Å². The van der Waals surface area contributed by atoms with E-state index in [1.807, 2.05) is 0 Å². The molecule has 0 saturated heterocycles. The predicted molar refractivity (Wildman–Crippen MR) is 74.3 cm³/mol. The number of rotatable bonds is 3. The number of nitrogens with one attached hydrogen (secondary N) is 1. The van der Waals surface area contributed by atoms with Crippen LogP contribution in [0.5, 0.6) is 0 Å². The summed E-state index contributed by atoms with van der Waals surface area (Å²) in [6.07, 6.45) is -2.98. The Labute approximate surface area is 124 Å². The van der Waals surface area contributed by atoms with Gasteiger partial charge in [0.15, 0.2) is 0 Å². The average molecular weight is 310 g/mol. The fourth-order valence-electron chi connectivity index (χ4n) is 1.83. The van der Waals surface area contributed by atoms with Gasteiger partial charge < -0.3 is 9.88 Å². The topological polar surface area (TPSA) is 51.1 Å². The molecular weight excluding hydrogens is 297 g/mol. The Kier molecular flexibility index (Phi) is 4.35. The molecule has 0 aliphatic heterocycles. The molecule has 0 aliphatic carbocycles. The quantitative estimate of drug-likeness (QED) is 0.946. The third kappa shape index (κ3) is 3.75. The highest BCUT2D eigenvalue weighted by Gasteiger charge is 2.30. The molecule has 1 aromatic heterocycles. The largest absolute Gasteiger partial charge is 0.416 e. The SMILES string of the molecule is Cn1ccc(C(=O)NCc2cccc(C(F)(F)F)c2)cc1=O. The molecule has 1 N–H and O–H groups in total. The zero-order valence-corrected chi connectivity index (χ0v) is 11.6. The predicted octanol–water partition coefficient (Wildman–Crippen LogP) is 2.33. The Balaban J connectivity index is 2.08. The Morgan fingerprint density at radius 2 is 1.95 bits per heavy atom. The number of pyridine rings is 1. The molecule has 0 aliphatic rings. The molecule has 4 nitrogen and oxygen atoms in total. The molecule has 0 spiro atoms. The van der Waals surface area contributed by atoms with Gasteiger partial charge in [-0.2, -0.15) is 13.2 Å². The second-order valence-electron chi connectivity index (χ2n) is 4.75. The van der Waals surface area contributed by atoms with Crippen molar-refractivity contribution in [2.24, 2.45) is 7.05 Å². The molecule has 0 bridgehead atoms.